The van der Waals surface area contributed by atoms with Crippen LogP contribution in [0.5, 0.6) is 0 Å². The van der Waals surface area contributed by atoms with Crippen molar-refractivity contribution in [2.75, 3.05) is 0 Å². The SMILES string of the molecule is CC(C)(C)c1c[n+]([O-])cc2ccccc12. The smallest absolute Gasteiger partial charge is 0.188 e. The number of fused-ring (bicyclic) bond motifs is 1. The van der Waals surface area contributed by atoms with E-state index in [9.17, 15) is 5.21 Å². The zero-order valence-corrected chi connectivity index (χ0v) is 9.32. The van der Waals surface area contributed by atoms with Gasteiger partial charge in [-0.25, -0.2) is 0 Å². The van der Waals surface area contributed by atoms with Gasteiger partial charge in [-0.15, -0.1) is 0 Å². The molecule has 1 aromatic heterocycles. The zero-order chi connectivity index (χ0) is 11.1. The maximum absolute atomic E-state index is 11.5. The summed E-state index contributed by atoms with van der Waals surface area (Å²) in [7, 11) is 0. The fourth-order valence-corrected chi connectivity index (χ4v) is 1.82. The Kier molecular flexibility index (Phi) is 2.14. The van der Waals surface area contributed by atoms with Crippen LogP contribution in [0.3, 0.4) is 0 Å². The van der Waals surface area contributed by atoms with Crippen LogP contribution in [0.1, 0.15) is 26.3 Å². The molecule has 0 radical (unpaired) electrons. The van der Waals surface area contributed by atoms with E-state index >= 15 is 0 Å². The summed E-state index contributed by atoms with van der Waals surface area (Å²) >= 11 is 0. The molecular formula is C13H15NO. The van der Waals surface area contributed by atoms with E-state index in [1.807, 2.05) is 18.2 Å². The van der Waals surface area contributed by atoms with Crippen LogP contribution in [0.15, 0.2) is 36.7 Å². The Morgan fingerprint density at radius 2 is 1.73 bits per heavy atom. The molecule has 0 amide bonds. The van der Waals surface area contributed by atoms with Gasteiger partial charge >= 0.3 is 0 Å². The van der Waals surface area contributed by atoms with E-state index in [1.54, 1.807) is 12.4 Å². The normalized spacial score (nSPS) is 11.9. The van der Waals surface area contributed by atoms with Gasteiger partial charge in [0.1, 0.15) is 0 Å². The minimum absolute atomic E-state index is 0.00692. The molecule has 1 aromatic carbocycles. The minimum Gasteiger partial charge on any atom is -0.619 e. The number of nitrogens with zero attached hydrogens (tertiary/aromatic N) is 1. The largest absolute Gasteiger partial charge is 0.619 e. The molecule has 0 N–H and O–H groups in total. The van der Waals surface area contributed by atoms with E-state index in [4.69, 9.17) is 0 Å². The summed E-state index contributed by atoms with van der Waals surface area (Å²) < 4.78 is 0.892. The maximum Gasteiger partial charge on any atom is 0.188 e. The molecule has 0 bridgehead atoms. The van der Waals surface area contributed by atoms with E-state index in [1.165, 1.54) is 0 Å². The monoisotopic (exact) mass is 201 g/mol. The Labute approximate surface area is 89.8 Å². The summed E-state index contributed by atoms with van der Waals surface area (Å²) in [5.74, 6) is 0. The van der Waals surface area contributed by atoms with Crippen molar-refractivity contribution in [3.63, 3.8) is 0 Å². The maximum atomic E-state index is 11.5. The molecule has 0 aliphatic heterocycles. The second-order valence-corrected chi connectivity index (χ2v) is 4.87. The quantitative estimate of drug-likeness (QED) is 0.475. The van der Waals surface area contributed by atoms with Gasteiger partial charge in [0, 0.05) is 10.9 Å². The molecule has 0 fully saturated rings. The van der Waals surface area contributed by atoms with Crippen molar-refractivity contribution in [1.82, 2.24) is 0 Å². The van der Waals surface area contributed by atoms with Gasteiger partial charge in [-0.05, 0) is 16.9 Å². The highest BCUT2D eigenvalue weighted by Crippen LogP contribution is 2.28. The Balaban J connectivity index is 2.83. The molecule has 2 heteroatoms. The van der Waals surface area contributed by atoms with Crippen LogP contribution in [0, 0.1) is 5.21 Å². The van der Waals surface area contributed by atoms with Gasteiger partial charge in [0.15, 0.2) is 12.4 Å². The Morgan fingerprint density at radius 3 is 2.40 bits per heavy atom. The van der Waals surface area contributed by atoms with Crippen molar-refractivity contribution in [2.45, 2.75) is 26.2 Å². The lowest BCUT2D eigenvalue weighted by atomic mass is 9.85. The number of benzene rings is 1. The van der Waals surface area contributed by atoms with Gasteiger partial charge in [-0.3, -0.25) is 0 Å². The second kappa shape index (κ2) is 3.23. The van der Waals surface area contributed by atoms with E-state index in [2.05, 4.69) is 26.8 Å². The van der Waals surface area contributed by atoms with E-state index in [-0.39, 0.29) is 5.41 Å². The average Bonchev–Trinajstić information content (AvgIpc) is 2.15. The Bertz CT molecular complexity index is 497. The highest BCUT2D eigenvalue weighted by Gasteiger charge is 2.19. The first-order valence-corrected chi connectivity index (χ1v) is 5.10. The van der Waals surface area contributed by atoms with E-state index < -0.39 is 0 Å². The molecule has 15 heavy (non-hydrogen) atoms. The Hall–Kier alpha value is -1.57. The summed E-state index contributed by atoms with van der Waals surface area (Å²) in [6, 6.07) is 8.00. The van der Waals surface area contributed by atoms with Crippen molar-refractivity contribution in [3.8, 4) is 0 Å². The summed E-state index contributed by atoms with van der Waals surface area (Å²) in [5, 5.41) is 13.6. The lowest BCUT2D eigenvalue weighted by molar-refractivity contribution is -0.604. The molecule has 0 spiro atoms. The number of rotatable bonds is 0. The number of hydrogen-bond acceptors (Lipinski definition) is 1. The van der Waals surface area contributed by atoms with Crippen LogP contribution in [0.25, 0.3) is 10.8 Å². The topological polar surface area (TPSA) is 26.9 Å². The summed E-state index contributed by atoms with van der Waals surface area (Å²) in [6.45, 7) is 6.36. The molecule has 0 saturated heterocycles. The Morgan fingerprint density at radius 1 is 1.07 bits per heavy atom. The molecule has 2 aromatic rings. The standard InChI is InChI=1S/C13H15NO/c1-13(2,3)12-9-14(15)8-10-6-4-5-7-11(10)12/h4-9H,1-3H3. The van der Waals surface area contributed by atoms with Gasteiger partial charge < -0.3 is 5.21 Å². The molecular weight excluding hydrogens is 186 g/mol. The van der Waals surface area contributed by atoms with Gasteiger partial charge in [-0.2, -0.15) is 4.73 Å². The minimum atomic E-state index is -0.00692. The van der Waals surface area contributed by atoms with Crippen LogP contribution in [-0.4, -0.2) is 0 Å². The predicted octanol–water partition coefficient (Wildman–Crippen LogP) is 2.77. The first-order valence-electron chi connectivity index (χ1n) is 5.10. The number of aromatic nitrogens is 1. The zero-order valence-electron chi connectivity index (χ0n) is 9.32. The van der Waals surface area contributed by atoms with Crippen molar-refractivity contribution < 1.29 is 4.73 Å². The first-order chi connectivity index (χ1) is 6.98. The van der Waals surface area contributed by atoms with Crippen molar-refractivity contribution in [3.05, 3.63) is 47.4 Å². The first kappa shape index (κ1) is 9.97. The molecule has 0 atom stereocenters. The van der Waals surface area contributed by atoms with Crippen LogP contribution in [0.2, 0.25) is 0 Å². The molecule has 1 heterocycles. The number of pyridine rings is 1. The number of hydrogen-bond donors (Lipinski definition) is 0. The second-order valence-electron chi connectivity index (χ2n) is 4.87. The van der Waals surface area contributed by atoms with Gasteiger partial charge in [0.05, 0.1) is 0 Å². The lowest BCUT2D eigenvalue weighted by Crippen LogP contribution is -2.28. The molecule has 0 aliphatic rings. The van der Waals surface area contributed by atoms with Crippen LogP contribution in [0.4, 0.5) is 0 Å². The van der Waals surface area contributed by atoms with Gasteiger partial charge in [-0.1, -0.05) is 39.0 Å². The van der Waals surface area contributed by atoms with Crippen LogP contribution in [-0.2, 0) is 5.41 Å². The highest BCUT2D eigenvalue weighted by molar-refractivity contribution is 5.84. The van der Waals surface area contributed by atoms with E-state index in [0.717, 1.165) is 21.1 Å². The molecule has 0 aliphatic carbocycles. The summed E-state index contributed by atoms with van der Waals surface area (Å²) in [4.78, 5) is 0. The molecule has 0 unspecified atom stereocenters. The van der Waals surface area contributed by atoms with Crippen LogP contribution >= 0.6 is 0 Å². The highest BCUT2D eigenvalue weighted by atomic mass is 16.5. The fourth-order valence-electron chi connectivity index (χ4n) is 1.82. The van der Waals surface area contributed by atoms with Crippen molar-refractivity contribution >= 4 is 10.8 Å². The molecule has 0 saturated carbocycles. The van der Waals surface area contributed by atoms with Gasteiger partial charge in [0.25, 0.3) is 0 Å². The van der Waals surface area contributed by atoms with Gasteiger partial charge in [0.2, 0.25) is 0 Å². The average molecular weight is 201 g/mol. The third-order valence-electron chi connectivity index (χ3n) is 2.58. The molecule has 78 valence electrons. The summed E-state index contributed by atoms with van der Waals surface area (Å²) in [6.07, 6.45) is 3.28. The third kappa shape index (κ3) is 1.80. The lowest BCUT2D eigenvalue weighted by Gasteiger charge is -2.19. The fraction of sp³-hybridized carbons (Fsp3) is 0.308. The molecule has 2 rings (SSSR count). The van der Waals surface area contributed by atoms with Crippen molar-refractivity contribution in [1.29, 1.82) is 0 Å². The van der Waals surface area contributed by atoms with Crippen LogP contribution < -0.4 is 4.73 Å². The molecule has 2 nitrogen and oxygen atoms in total. The van der Waals surface area contributed by atoms with Crippen molar-refractivity contribution in [2.24, 2.45) is 0 Å². The summed E-state index contributed by atoms with van der Waals surface area (Å²) in [5.41, 5.74) is 1.09. The van der Waals surface area contributed by atoms with E-state index in [0.29, 0.717) is 0 Å². The third-order valence-corrected chi connectivity index (χ3v) is 2.58. The predicted molar refractivity (Wildman–Crippen MR) is 61.6 cm³/mol.